The van der Waals surface area contributed by atoms with Gasteiger partial charge in [0, 0.05) is 12.5 Å². The van der Waals surface area contributed by atoms with Gasteiger partial charge >= 0.3 is 5.97 Å². The van der Waals surface area contributed by atoms with Crippen molar-refractivity contribution in [1.29, 1.82) is 0 Å². The third-order valence-corrected chi connectivity index (χ3v) is 6.46. The highest BCUT2D eigenvalue weighted by Crippen LogP contribution is 2.22. The summed E-state index contributed by atoms with van der Waals surface area (Å²) in [6.45, 7) is 6.71. The largest absolute Gasteiger partial charge is 0.456 e. The fraction of sp³-hybridized carbons (Fsp3) is 0.552. The number of fused-ring (bicyclic) bond motifs is 2. The van der Waals surface area contributed by atoms with Crippen molar-refractivity contribution in [3.63, 3.8) is 0 Å². The second-order valence-corrected chi connectivity index (χ2v) is 9.65. The molecule has 2 N–H and O–H groups in total. The Morgan fingerprint density at radius 3 is 2.80 bits per heavy atom. The third kappa shape index (κ3) is 10.1. The third-order valence-electron chi connectivity index (χ3n) is 6.46. The lowest BCUT2D eigenvalue weighted by molar-refractivity contribution is -0.147. The van der Waals surface area contributed by atoms with Gasteiger partial charge in [-0.25, -0.2) is 4.79 Å². The van der Waals surface area contributed by atoms with Crippen LogP contribution in [-0.4, -0.2) is 59.4 Å². The molecular formula is C29H40O6. The molecule has 6 atom stereocenters. The average Bonchev–Trinajstić information content (AvgIpc) is 2.81. The Balaban J connectivity index is 1.67. The van der Waals surface area contributed by atoms with Gasteiger partial charge in [0.2, 0.25) is 0 Å². The molecule has 2 bridgehead atoms. The first-order valence-corrected chi connectivity index (χ1v) is 12.7. The number of ether oxygens (including phenoxy) is 3. The molecule has 0 aromatic rings. The molecule has 35 heavy (non-hydrogen) atoms. The van der Waals surface area contributed by atoms with Gasteiger partial charge in [0.25, 0.3) is 0 Å². The van der Waals surface area contributed by atoms with Crippen LogP contribution in [0.2, 0.25) is 0 Å². The van der Waals surface area contributed by atoms with Crippen LogP contribution in [0, 0.1) is 0 Å². The fourth-order valence-electron chi connectivity index (χ4n) is 4.47. The molecule has 3 aliphatic heterocycles. The van der Waals surface area contributed by atoms with Crippen molar-refractivity contribution in [2.45, 2.75) is 94.9 Å². The summed E-state index contributed by atoms with van der Waals surface area (Å²) in [6, 6.07) is 0. The predicted molar refractivity (Wildman–Crippen MR) is 137 cm³/mol. The van der Waals surface area contributed by atoms with Crippen LogP contribution in [0.3, 0.4) is 0 Å². The highest BCUT2D eigenvalue weighted by Gasteiger charge is 2.22. The van der Waals surface area contributed by atoms with Crippen molar-refractivity contribution in [2.24, 2.45) is 0 Å². The first-order valence-electron chi connectivity index (χ1n) is 12.7. The summed E-state index contributed by atoms with van der Waals surface area (Å²) in [4.78, 5) is 12.5. The zero-order valence-corrected chi connectivity index (χ0v) is 20.8. The maximum atomic E-state index is 12.5. The van der Waals surface area contributed by atoms with Gasteiger partial charge < -0.3 is 24.4 Å². The van der Waals surface area contributed by atoms with Gasteiger partial charge in [-0.15, -0.1) is 0 Å². The molecule has 0 saturated heterocycles. The number of carbonyl (C=O) groups excluding carboxylic acids is 1. The van der Waals surface area contributed by atoms with E-state index in [9.17, 15) is 15.0 Å². The monoisotopic (exact) mass is 484 g/mol. The van der Waals surface area contributed by atoms with E-state index in [4.69, 9.17) is 14.2 Å². The van der Waals surface area contributed by atoms with Crippen LogP contribution in [0.4, 0.5) is 0 Å². The van der Waals surface area contributed by atoms with E-state index in [-0.39, 0.29) is 24.7 Å². The van der Waals surface area contributed by atoms with Crippen molar-refractivity contribution in [2.75, 3.05) is 6.61 Å². The molecule has 0 aliphatic carbocycles. The van der Waals surface area contributed by atoms with Gasteiger partial charge in [-0.3, -0.25) is 0 Å². The lowest BCUT2D eigenvalue weighted by atomic mass is 9.99. The number of esters is 1. The Hall–Kier alpha value is -2.25. The highest BCUT2D eigenvalue weighted by molar-refractivity contribution is 5.82. The quantitative estimate of drug-likeness (QED) is 0.448. The summed E-state index contributed by atoms with van der Waals surface area (Å²) in [7, 11) is 0. The van der Waals surface area contributed by atoms with E-state index in [0.29, 0.717) is 19.4 Å². The summed E-state index contributed by atoms with van der Waals surface area (Å²) < 4.78 is 17.4. The van der Waals surface area contributed by atoms with Gasteiger partial charge in [-0.2, -0.15) is 0 Å². The van der Waals surface area contributed by atoms with Gasteiger partial charge in [0.05, 0.1) is 31.0 Å². The number of aliphatic hydroxyl groups is 2. The highest BCUT2D eigenvalue weighted by atomic mass is 16.6. The first-order chi connectivity index (χ1) is 16.9. The van der Waals surface area contributed by atoms with Crippen LogP contribution in [0.15, 0.2) is 72.4 Å². The predicted octanol–water partition coefficient (Wildman–Crippen LogP) is 4.65. The van der Waals surface area contributed by atoms with Crippen molar-refractivity contribution >= 4 is 5.97 Å². The molecule has 0 aromatic carbocycles. The Labute approximate surface area is 209 Å². The normalized spacial score (nSPS) is 34.4. The summed E-state index contributed by atoms with van der Waals surface area (Å²) in [5, 5.41) is 21.2. The smallest absolute Gasteiger partial charge is 0.330 e. The van der Waals surface area contributed by atoms with Gasteiger partial charge in [0.1, 0.15) is 12.2 Å². The molecule has 0 radical (unpaired) electrons. The van der Waals surface area contributed by atoms with E-state index in [1.165, 1.54) is 11.6 Å². The molecule has 6 nitrogen and oxygen atoms in total. The maximum Gasteiger partial charge on any atom is 0.330 e. The van der Waals surface area contributed by atoms with Crippen LogP contribution in [0.1, 0.15) is 58.3 Å². The minimum Gasteiger partial charge on any atom is -0.456 e. The average molecular weight is 485 g/mol. The second kappa shape index (κ2) is 14.3. The summed E-state index contributed by atoms with van der Waals surface area (Å²) in [6.07, 6.45) is 19.5. The first kappa shape index (κ1) is 27.3. The lowest BCUT2D eigenvalue weighted by Gasteiger charge is -2.25. The molecule has 0 fully saturated rings. The van der Waals surface area contributed by atoms with Crippen LogP contribution in [-0.2, 0) is 19.0 Å². The van der Waals surface area contributed by atoms with E-state index < -0.39 is 24.3 Å². The number of aliphatic hydroxyl groups excluding tert-OH is 2. The molecule has 3 rings (SSSR count). The number of rotatable bonds is 3. The van der Waals surface area contributed by atoms with E-state index in [1.54, 1.807) is 24.3 Å². The van der Waals surface area contributed by atoms with E-state index >= 15 is 0 Å². The molecule has 0 unspecified atom stereocenters. The Bertz CT molecular complexity index is 851. The Morgan fingerprint density at radius 1 is 1.14 bits per heavy atom. The van der Waals surface area contributed by atoms with E-state index in [2.05, 4.69) is 19.6 Å². The van der Waals surface area contributed by atoms with Gasteiger partial charge in [-0.05, 0) is 51.9 Å². The van der Waals surface area contributed by atoms with Crippen LogP contribution in [0.5, 0.6) is 0 Å². The van der Waals surface area contributed by atoms with E-state index in [0.717, 1.165) is 37.7 Å². The number of cyclic esters (lactones) is 1. The number of carbonyl (C=O) groups is 1. The molecule has 3 aliphatic rings. The topological polar surface area (TPSA) is 85.2 Å². The summed E-state index contributed by atoms with van der Waals surface area (Å²) >= 11 is 0. The minimum atomic E-state index is -1.00. The van der Waals surface area contributed by atoms with E-state index in [1.807, 2.05) is 18.2 Å². The maximum absolute atomic E-state index is 12.5. The number of hydrogen-bond donors (Lipinski definition) is 2. The lowest BCUT2D eigenvalue weighted by Crippen LogP contribution is -2.30. The van der Waals surface area contributed by atoms with Crippen molar-refractivity contribution < 1.29 is 29.2 Å². The summed E-state index contributed by atoms with van der Waals surface area (Å²) in [5.41, 5.74) is 2.24. The SMILES string of the molecule is C=C1CCC[C@@H]2CC=C[C@@H](C/C=C\C(=O)O[C@H]([C@@H](O)/C=C/[C@@H]3CC(C)=CCO3)C/C=C/[C@@H](O)C1)O2. The standard InChI is InChI=1S/C29H40O6/c1-21-7-3-9-24-10-5-11-25(34-24)12-6-14-29(32)35-28(13-4-8-23(30)19-21)27(31)16-15-26-20-22(2)17-18-33-26/h4-6,8,11,14-17,23-28,30-31H,1,3,7,9-10,12-13,18-20H2,2H3/b8-4+,14-6-,16-15+/t23-,24-,25+,26-,27+,28+/m1/s1. The molecule has 0 saturated carbocycles. The second-order valence-electron chi connectivity index (χ2n) is 9.65. The molecule has 0 aromatic heterocycles. The van der Waals surface area contributed by atoms with Crippen LogP contribution >= 0.6 is 0 Å². The van der Waals surface area contributed by atoms with Crippen molar-refractivity contribution in [3.8, 4) is 0 Å². The molecule has 0 spiro atoms. The van der Waals surface area contributed by atoms with Gasteiger partial charge in [0.15, 0.2) is 0 Å². The van der Waals surface area contributed by atoms with Gasteiger partial charge in [-0.1, -0.05) is 66.3 Å². The van der Waals surface area contributed by atoms with Crippen molar-refractivity contribution in [3.05, 3.63) is 72.4 Å². The Kier molecular flexibility index (Phi) is 11.2. The van der Waals surface area contributed by atoms with Crippen LogP contribution in [0.25, 0.3) is 0 Å². The molecule has 192 valence electrons. The molecule has 3 heterocycles. The number of hydrogen-bond acceptors (Lipinski definition) is 6. The zero-order valence-electron chi connectivity index (χ0n) is 20.8. The zero-order chi connectivity index (χ0) is 25.0. The molecule has 6 heteroatoms. The van der Waals surface area contributed by atoms with Crippen molar-refractivity contribution in [1.82, 2.24) is 0 Å². The van der Waals surface area contributed by atoms with Crippen LogP contribution < -0.4 is 0 Å². The Morgan fingerprint density at radius 2 is 1.97 bits per heavy atom. The molecular weight excluding hydrogens is 444 g/mol. The molecule has 0 amide bonds. The minimum absolute atomic E-state index is 0.0676. The fourth-order valence-corrected chi connectivity index (χ4v) is 4.47. The summed E-state index contributed by atoms with van der Waals surface area (Å²) in [5.74, 6) is -0.519.